The highest BCUT2D eigenvalue weighted by molar-refractivity contribution is 5.74. The van der Waals surface area contributed by atoms with Gasteiger partial charge >= 0.3 is 6.03 Å². The molecule has 4 nitrogen and oxygen atoms in total. The van der Waals surface area contributed by atoms with Gasteiger partial charge in [0.25, 0.3) is 0 Å². The van der Waals surface area contributed by atoms with Gasteiger partial charge in [0, 0.05) is 12.6 Å². The van der Waals surface area contributed by atoms with Crippen molar-refractivity contribution in [3.8, 4) is 0 Å². The van der Waals surface area contributed by atoms with Crippen LogP contribution < -0.4 is 5.32 Å². The molecular weight excluding hydrogens is 221 g/mol. The molecule has 1 atom stereocenters. The smallest absolute Gasteiger partial charge is 0.317 e. The molecule has 1 N–H and O–H groups in total. The van der Waals surface area contributed by atoms with E-state index >= 15 is 0 Å². The summed E-state index contributed by atoms with van der Waals surface area (Å²) in [6.07, 6.45) is 2.52. The van der Waals surface area contributed by atoms with Crippen LogP contribution in [0, 0.1) is 0 Å². The molecule has 17 heavy (non-hydrogen) atoms. The lowest BCUT2D eigenvalue weighted by molar-refractivity contribution is 0.137. The Hall–Kier alpha value is -0.840. The van der Waals surface area contributed by atoms with Gasteiger partial charge in [-0.3, -0.25) is 0 Å². The number of urea groups is 1. The van der Waals surface area contributed by atoms with Crippen LogP contribution in [0.3, 0.4) is 0 Å². The van der Waals surface area contributed by atoms with Gasteiger partial charge < -0.3 is 15.1 Å². The Balaban J connectivity index is 1.76. The summed E-state index contributed by atoms with van der Waals surface area (Å²) in [7, 11) is 2.09. The third kappa shape index (κ3) is 3.56. The van der Waals surface area contributed by atoms with Crippen molar-refractivity contribution in [2.75, 3.05) is 33.2 Å². The van der Waals surface area contributed by atoms with E-state index in [0.29, 0.717) is 13.0 Å². The molecule has 2 heterocycles. The fourth-order valence-corrected chi connectivity index (χ4v) is 2.53. The molecule has 1 unspecified atom stereocenters. The summed E-state index contributed by atoms with van der Waals surface area (Å²) < 4.78 is 13.2. The minimum Gasteiger partial charge on any atom is -0.335 e. The lowest BCUT2D eigenvalue weighted by Crippen LogP contribution is -2.51. The molecule has 0 radical (unpaired) electrons. The van der Waals surface area contributed by atoms with E-state index in [2.05, 4.69) is 17.3 Å². The second-order valence-electron chi connectivity index (χ2n) is 5.21. The minimum absolute atomic E-state index is 0.0816. The first-order chi connectivity index (χ1) is 8.15. The summed E-state index contributed by atoms with van der Waals surface area (Å²) in [5, 5.41) is 3.02. The van der Waals surface area contributed by atoms with Crippen LogP contribution in [0.2, 0.25) is 0 Å². The van der Waals surface area contributed by atoms with Gasteiger partial charge in [-0.1, -0.05) is 0 Å². The fraction of sp³-hybridized carbons (Fsp3) is 0.917. The van der Waals surface area contributed by atoms with E-state index in [1.807, 2.05) is 0 Å². The first kappa shape index (κ1) is 12.6. The molecule has 0 aromatic heterocycles. The van der Waals surface area contributed by atoms with Crippen LogP contribution >= 0.6 is 0 Å². The van der Waals surface area contributed by atoms with Gasteiger partial charge in [0.15, 0.2) is 0 Å². The van der Waals surface area contributed by atoms with Crippen LogP contribution in [0.1, 0.15) is 25.7 Å². The highest BCUT2D eigenvalue weighted by Crippen LogP contribution is 2.14. The zero-order valence-corrected chi connectivity index (χ0v) is 10.5. The fourth-order valence-electron chi connectivity index (χ4n) is 2.53. The Morgan fingerprint density at radius 3 is 2.59 bits per heavy atom. The summed E-state index contributed by atoms with van der Waals surface area (Å²) in [6.45, 7) is 3.00. The Labute approximate surface area is 102 Å². The number of carbonyl (C=O) groups is 1. The summed E-state index contributed by atoms with van der Waals surface area (Å²) in [6, 6.07) is 0.181. The SMILES string of the molecule is CN1CCC(NC(=O)N2CCCC(F)C2)CC1. The molecule has 0 aromatic carbocycles. The molecule has 2 amide bonds. The molecule has 2 fully saturated rings. The van der Waals surface area contributed by atoms with Gasteiger partial charge in [-0.25, -0.2) is 9.18 Å². The van der Waals surface area contributed by atoms with E-state index in [1.165, 1.54) is 0 Å². The maximum absolute atomic E-state index is 13.2. The van der Waals surface area contributed by atoms with Crippen LogP contribution in [-0.2, 0) is 0 Å². The van der Waals surface area contributed by atoms with Gasteiger partial charge in [-0.05, 0) is 45.8 Å². The number of hydrogen-bond acceptors (Lipinski definition) is 2. The average molecular weight is 243 g/mol. The predicted molar refractivity (Wildman–Crippen MR) is 64.8 cm³/mol. The number of nitrogens with zero attached hydrogens (tertiary/aromatic N) is 2. The maximum atomic E-state index is 13.2. The number of likely N-dealkylation sites (tertiary alicyclic amines) is 2. The van der Waals surface area contributed by atoms with Crippen molar-refractivity contribution in [3.63, 3.8) is 0 Å². The number of rotatable bonds is 1. The highest BCUT2D eigenvalue weighted by Gasteiger charge is 2.25. The number of alkyl halides is 1. The van der Waals surface area contributed by atoms with E-state index in [-0.39, 0.29) is 18.6 Å². The Bertz CT molecular complexity index is 266. The van der Waals surface area contributed by atoms with Crippen LogP contribution in [0.4, 0.5) is 9.18 Å². The van der Waals surface area contributed by atoms with Gasteiger partial charge in [0.1, 0.15) is 6.17 Å². The van der Waals surface area contributed by atoms with Crippen LogP contribution in [0.15, 0.2) is 0 Å². The molecule has 0 spiro atoms. The monoisotopic (exact) mass is 243 g/mol. The van der Waals surface area contributed by atoms with Gasteiger partial charge in [-0.2, -0.15) is 0 Å². The zero-order chi connectivity index (χ0) is 12.3. The van der Waals surface area contributed by atoms with E-state index in [1.54, 1.807) is 4.90 Å². The van der Waals surface area contributed by atoms with Crippen LogP contribution in [0.5, 0.6) is 0 Å². The van der Waals surface area contributed by atoms with Crippen molar-refractivity contribution >= 4 is 6.03 Å². The third-order valence-electron chi connectivity index (χ3n) is 3.70. The lowest BCUT2D eigenvalue weighted by Gasteiger charge is -2.33. The molecule has 2 saturated heterocycles. The number of nitrogens with one attached hydrogen (secondary N) is 1. The largest absolute Gasteiger partial charge is 0.335 e. The van der Waals surface area contributed by atoms with Crippen LogP contribution in [0.25, 0.3) is 0 Å². The molecular formula is C12H22FN3O. The second-order valence-corrected chi connectivity index (χ2v) is 5.21. The first-order valence-corrected chi connectivity index (χ1v) is 6.53. The Morgan fingerprint density at radius 2 is 1.94 bits per heavy atom. The maximum Gasteiger partial charge on any atom is 0.317 e. The van der Waals surface area contributed by atoms with E-state index in [9.17, 15) is 9.18 Å². The summed E-state index contributed by atoms with van der Waals surface area (Å²) in [5.74, 6) is 0. The average Bonchev–Trinajstić information content (AvgIpc) is 2.32. The van der Waals surface area contributed by atoms with Crippen molar-refractivity contribution in [1.29, 1.82) is 0 Å². The standard InChI is InChI=1S/C12H22FN3O/c1-15-7-4-11(5-8-15)14-12(17)16-6-2-3-10(13)9-16/h10-11H,2-9H2,1H3,(H,14,17). The molecule has 98 valence electrons. The summed E-state index contributed by atoms with van der Waals surface area (Å²) in [5.41, 5.74) is 0. The van der Waals surface area contributed by atoms with E-state index in [4.69, 9.17) is 0 Å². The molecule has 0 bridgehead atoms. The Morgan fingerprint density at radius 1 is 1.24 bits per heavy atom. The summed E-state index contributed by atoms with van der Waals surface area (Å²) in [4.78, 5) is 15.8. The number of amides is 2. The van der Waals surface area contributed by atoms with Crippen molar-refractivity contribution in [3.05, 3.63) is 0 Å². The summed E-state index contributed by atoms with van der Waals surface area (Å²) >= 11 is 0. The zero-order valence-electron chi connectivity index (χ0n) is 10.5. The molecule has 0 aromatic rings. The molecule has 2 rings (SSSR count). The second kappa shape index (κ2) is 5.67. The number of piperidine rings is 2. The number of carbonyl (C=O) groups excluding carboxylic acids is 1. The Kier molecular flexibility index (Phi) is 4.20. The van der Waals surface area contributed by atoms with Crippen molar-refractivity contribution in [1.82, 2.24) is 15.1 Å². The van der Waals surface area contributed by atoms with Crippen molar-refractivity contribution in [2.45, 2.75) is 37.9 Å². The number of hydrogen-bond donors (Lipinski definition) is 1. The molecule has 0 aliphatic carbocycles. The lowest BCUT2D eigenvalue weighted by atomic mass is 10.1. The van der Waals surface area contributed by atoms with E-state index < -0.39 is 6.17 Å². The molecule has 2 aliphatic rings. The quantitative estimate of drug-likeness (QED) is 0.751. The van der Waals surface area contributed by atoms with Crippen molar-refractivity contribution < 1.29 is 9.18 Å². The minimum atomic E-state index is -0.841. The molecule has 2 aliphatic heterocycles. The molecule has 0 saturated carbocycles. The van der Waals surface area contributed by atoms with Gasteiger partial charge in [0.2, 0.25) is 0 Å². The molecule has 5 heteroatoms. The normalized spacial score (nSPS) is 28.1. The third-order valence-corrected chi connectivity index (χ3v) is 3.70. The van der Waals surface area contributed by atoms with Crippen molar-refractivity contribution in [2.24, 2.45) is 0 Å². The van der Waals surface area contributed by atoms with Crippen LogP contribution in [-0.4, -0.2) is 61.3 Å². The highest BCUT2D eigenvalue weighted by atomic mass is 19.1. The number of halogens is 1. The topological polar surface area (TPSA) is 35.6 Å². The first-order valence-electron chi connectivity index (χ1n) is 6.53. The van der Waals surface area contributed by atoms with E-state index in [0.717, 1.165) is 32.4 Å². The predicted octanol–water partition coefficient (Wildman–Crippen LogP) is 1.22. The van der Waals surface area contributed by atoms with Gasteiger partial charge in [0.05, 0.1) is 6.54 Å². The van der Waals surface area contributed by atoms with Gasteiger partial charge in [-0.15, -0.1) is 0 Å².